The predicted molar refractivity (Wildman–Crippen MR) is 142 cm³/mol. The van der Waals surface area contributed by atoms with Crippen LogP contribution in [0.1, 0.15) is 17.2 Å². The summed E-state index contributed by atoms with van der Waals surface area (Å²) < 4.78 is 5.38. The topological polar surface area (TPSA) is 59.1 Å². The molecule has 2 fully saturated rings. The minimum Gasteiger partial charge on any atom is -0.497 e. The molecule has 0 N–H and O–H groups in total. The van der Waals surface area contributed by atoms with E-state index in [0.717, 1.165) is 11.3 Å². The molecule has 4 aromatic carbocycles. The van der Waals surface area contributed by atoms with E-state index in [9.17, 15) is 9.59 Å². The number of nitrogens with zero attached hydrogens (tertiary/aromatic N) is 2. The first-order chi connectivity index (χ1) is 18.1. The number of amides is 2. The van der Waals surface area contributed by atoms with E-state index in [0.29, 0.717) is 22.0 Å². The zero-order valence-electron chi connectivity index (χ0n) is 20.0. The Morgan fingerprint density at radius 2 is 1.41 bits per heavy atom. The number of halogens is 1. The first-order valence-electron chi connectivity index (χ1n) is 11.9. The Bertz CT molecular complexity index is 1440. The van der Waals surface area contributed by atoms with Gasteiger partial charge in [-0.25, -0.2) is 9.96 Å². The fraction of sp³-hybridized carbons (Fsp3) is 0.133. The van der Waals surface area contributed by atoms with Crippen molar-refractivity contribution < 1.29 is 19.2 Å². The minimum absolute atomic E-state index is 0.352. The maximum absolute atomic E-state index is 14.6. The number of carbonyl (C=O) groups excluding carboxylic acids is 2. The van der Waals surface area contributed by atoms with Crippen molar-refractivity contribution >= 4 is 34.8 Å². The Morgan fingerprint density at radius 3 is 2.03 bits per heavy atom. The van der Waals surface area contributed by atoms with E-state index in [4.69, 9.17) is 21.2 Å². The zero-order valence-corrected chi connectivity index (χ0v) is 20.7. The number of methoxy groups -OCH3 is 1. The smallest absolute Gasteiger partial charge is 0.267 e. The van der Waals surface area contributed by atoms with Crippen LogP contribution in [0.3, 0.4) is 0 Å². The Morgan fingerprint density at radius 1 is 0.784 bits per heavy atom. The third-order valence-electron chi connectivity index (χ3n) is 7.08. The molecule has 2 amide bonds. The van der Waals surface area contributed by atoms with Crippen LogP contribution in [-0.4, -0.2) is 25.0 Å². The molecule has 0 unspecified atom stereocenters. The molecule has 0 radical (unpaired) electrons. The Kier molecular flexibility index (Phi) is 5.71. The van der Waals surface area contributed by atoms with Crippen molar-refractivity contribution in [2.75, 3.05) is 17.1 Å². The van der Waals surface area contributed by atoms with E-state index >= 15 is 0 Å². The third-order valence-corrected chi connectivity index (χ3v) is 7.33. The summed E-state index contributed by atoms with van der Waals surface area (Å²) in [7, 11) is 1.61. The lowest BCUT2D eigenvalue weighted by Crippen LogP contribution is -2.46. The van der Waals surface area contributed by atoms with Crippen molar-refractivity contribution in [1.82, 2.24) is 0 Å². The van der Waals surface area contributed by atoms with Gasteiger partial charge in [0, 0.05) is 5.02 Å². The number of carbonyl (C=O) groups is 2. The Hall–Kier alpha value is -4.13. The number of imide groups is 1. The van der Waals surface area contributed by atoms with Gasteiger partial charge in [0.05, 0.1) is 18.5 Å². The highest BCUT2D eigenvalue weighted by molar-refractivity contribution is 6.31. The number of fused-ring (bicyclic) bond motifs is 1. The van der Waals surface area contributed by atoms with Crippen molar-refractivity contribution in [3.05, 3.63) is 125 Å². The average molecular weight is 511 g/mol. The molecule has 4 aromatic rings. The maximum Gasteiger partial charge on any atom is 0.267 e. The van der Waals surface area contributed by atoms with Gasteiger partial charge >= 0.3 is 0 Å². The van der Waals surface area contributed by atoms with Gasteiger partial charge in [0.15, 0.2) is 6.10 Å². The van der Waals surface area contributed by atoms with Gasteiger partial charge in [-0.3, -0.25) is 14.4 Å². The molecular weight excluding hydrogens is 488 g/mol. The van der Waals surface area contributed by atoms with Crippen LogP contribution in [0.15, 0.2) is 109 Å². The summed E-state index contributed by atoms with van der Waals surface area (Å²) in [5.74, 6) is -0.0840. The van der Waals surface area contributed by atoms with Gasteiger partial charge in [0.2, 0.25) is 5.91 Å². The molecule has 0 aliphatic carbocycles. The van der Waals surface area contributed by atoms with Crippen LogP contribution in [0.5, 0.6) is 5.75 Å². The number of rotatable bonds is 5. The van der Waals surface area contributed by atoms with Crippen molar-refractivity contribution in [3.8, 4) is 5.75 Å². The Balaban J connectivity index is 1.60. The van der Waals surface area contributed by atoms with E-state index in [-0.39, 0.29) is 5.91 Å². The standard InChI is InChI=1S/C30H23ClN2O4/c1-36-25-18-12-20(13-19-25)26-30(21-8-4-2-5-9-21)27(37-33(26)24-10-6-3-7-11-24)28(34)32(29(30)35)23-16-14-22(31)15-17-23/h2-19,26-27H,1H3/t26-,27-,30-/m1/s1. The molecule has 0 aromatic heterocycles. The maximum atomic E-state index is 14.6. The van der Waals surface area contributed by atoms with Crippen LogP contribution >= 0.6 is 11.6 Å². The lowest BCUT2D eigenvalue weighted by Gasteiger charge is -2.35. The number of benzene rings is 4. The van der Waals surface area contributed by atoms with Crippen LogP contribution in [0, 0.1) is 0 Å². The molecule has 0 spiro atoms. The normalized spacial score (nSPS) is 22.9. The van der Waals surface area contributed by atoms with Gasteiger partial charge in [-0.2, -0.15) is 0 Å². The molecule has 2 saturated heterocycles. The second kappa shape index (κ2) is 9.07. The number of anilines is 2. The van der Waals surface area contributed by atoms with Gasteiger partial charge in [0.1, 0.15) is 17.2 Å². The van der Waals surface area contributed by atoms with Crippen LogP contribution < -0.4 is 14.7 Å². The third kappa shape index (κ3) is 3.52. The van der Waals surface area contributed by atoms with Gasteiger partial charge in [0.25, 0.3) is 5.91 Å². The molecule has 6 rings (SSSR count). The molecule has 37 heavy (non-hydrogen) atoms. The highest BCUT2D eigenvalue weighted by Crippen LogP contribution is 2.57. The molecule has 6 nitrogen and oxygen atoms in total. The fourth-order valence-electron chi connectivity index (χ4n) is 5.41. The fourth-order valence-corrected chi connectivity index (χ4v) is 5.53. The zero-order chi connectivity index (χ0) is 25.6. The molecule has 184 valence electrons. The van der Waals surface area contributed by atoms with Crippen molar-refractivity contribution in [1.29, 1.82) is 0 Å². The van der Waals surface area contributed by atoms with Crippen molar-refractivity contribution in [3.63, 3.8) is 0 Å². The Labute approximate surface area is 219 Å². The second-order valence-corrected chi connectivity index (χ2v) is 9.45. The molecule has 0 bridgehead atoms. The SMILES string of the molecule is COc1ccc([C@H]2N(c3ccccc3)O[C@@H]3C(=O)N(c4ccc(Cl)cc4)C(=O)[C@@]32c2ccccc2)cc1. The number of hydrogen-bond acceptors (Lipinski definition) is 5. The molecule has 2 aliphatic heterocycles. The largest absolute Gasteiger partial charge is 0.497 e. The summed E-state index contributed by atoms with van der Waals surface area (Å²) in [5.41, 5.74) is 1.37. The molecule has 2 heterocycles. The quantitative estimate of drug-likeness (QED) is 0.321. The summed E-state index contributed by atoms with van der Waals surface area (Å²) in [6.07, 6.45) is -1.08. The first kappa shape index (κ1) is 23.3. The second-order valence-electron chi connectivity index (χ2n) is 9.01. The number of ether oxygens (including phenoxy) is 1. The van der Waals surface area contributed by atoms with Gasteiger partial charge < -0.3 is 4.74 Å². The highest BCUT2D eigenvalue weighted by atomic mass is 35.5. The minimum atomic E-state index is -1.34. The lowest BCUT2D eigenvalue weighted by atomic mass is 9.69. The van der Waals surface area contributed by atoms with Crippen molar-refractivity contribution in [2.45, 2.75) is 17.6 Å². The van der Waals surface area contributed by atoms with E-state index in [1.165, 1.54) is 4.90 Å². The number of hydroxylamine groups is 1. The van der Waals surface area contributed by atoms with E-state index < -0.39 is 23.5 Å². The van der Waals surface area contributed by atoms with Crippen LogP contribution in [-0.2, 0) is 19.8 Å². The van der Waals surface area contributed by atoms with Crippen LogP contribution in [0.2, 0.25) is 5.02 Å². The molecular formula is C30H23ClN2O4. The van der Waals surface area contributed by atoms with E-state index in [2.05, 4.69) is 0 Å². The summed E-state index contributed by atoms with van der Waals surface area (Å²) in [6.45, 7) is 0. The van der Waals surface area contributed by atoms with E-state index in [1.54, 1.807) is 36.4 Å². The molecule has 0 saturated carbocycles. The van der Waals surface area contributed by atoms with Gasteiger partial charge in [-0.15, -0.1) is 0 Å². The highest BCUT2D eigenvalue weighted by Gasteiger charge is 2.72. The van der Waals surface area contributed by atoms with Gasteiger partial charge in [-0.1, -0.05) is 72.3 Å². The molecule has 3 atom stereocenters. The van der Waals surface area contributed by atoms with Gasteiger partial charge in [-0.05, 0) is 59.7 Å². The monoisotopic (exact) mass is 510 g/mol. The summed E-state index contributed by atoms with van der Waals surface area (Å²) >= 11 is 6.10. The van der Waals surface area contributed by atoms with Crippen LogP contribution in [0.25, 0.3) is 0 Å². The lowest BCUT2D eigenvalue weighted by molar-refractivity contribution is -0.126. The number of para-hydroxylation sites is 1. The van der Waals surface area contributed by atoms with E-state index in [1.807, 2.05) is 84.9 Å². The van der Waals surface area contributed by atoms with Crippen LogP contribution in [0.4, 0.5) is 11.4 Å². The number of hydrogen-bond donors (Lipinski definition) is 0. The molecule has 7 heteroatoms. The predicted octanol–water partition coefficient (Wildman–Crippen LogP) is 5.72. The molecule has 2 aliphatic rings. The van der Waals surface area contributed by atoms with Crippen molar-refractivity contribution in [2.24, 2.45) is 0 Å². The summed E-state index contributed by atoms with van der Waals surface area (Å²) in [6, 6.07) is 32.5. The summed E-state index contributed by atoms with van der Waals surface area (Å²) in [4.78, 5) is 36.3. The summed E-state index contributed by atoms with van der Waals surface area (Å²) in [5, 5.41) is 2.22. The first-order valence-corrected chi connectivity index (χ1v) is 12.3. The average Bonchev–Trinajstić information content (AvgIpc) is 3.41.